The van der Waals surface area contributed by atoms with Gasteiger partial charge < -0.3 is 9.84 Å². The molecule has 0 saturated heterocycles. The molecule has 0 aromatic heterocycles. The maximum atomic E-state index is 13.7. The first kappa shape index (κ1) is 13.9. The normalized spacial score (nSPS) is 16.3. The van der Waals surface area contributed by atoms with Gasteiger partial charge >= 0.3 is 0 Å². The smallest absolute Gasteiger partial charge is 0.165 e. The number of ether oxygens (including phenoxy) is 1. The van der Waals surface area contributed by atoms with Gasteiger partial charge in [-0.15, -0.1) is 0 Å². The van der Waals surface area contributed by atoms with Crippen molar-refractivity contribution in [3.8, 4) is 17.6 Å². The first-order valence-electron chi connectivity index (χ1n) is 6.85. The van der Waals surface area contributed by atoms with Crippen LogP contribution in [-0.2, 0) is 0 Å². The van der Waals surface area contributed by atoms with Gasteiger partial charge in [-0.05, 0) is 43.9 Å². The van der Waals surface area contributed by atoms with Crippen LogP contribution >= 0.6 is 0 Å². The number of rotatable bonds is 2. The van der Waals surface area contributed by atoms with Crippen molar-refractivity contribution in [3.63, 3.8) is 0 Å². The van der Waals surface area contributed by atoms with Crippen LogP contribution in [0.1, 0.15) is 44.1 Å². The molecule has 0 unspecified atom stereocenters. The van der Waals surface area contributed by atoms with Gasteiger partial charge in [-0.1, -0.05) is 24.7 Å². The Kier molecular flexibility index (Phi) is 5.23. The molecular formula is C16H19FO2. The SMILES string of the molecule is OCC#Cc1ccc(F)c(OC2CCCCCC2)c1. The highest BCUT2D eigenvalue weighted by Gasteiger charge is 2.15. The highest BCUT2D eigenvalue weighted by atomic mass is 19.1. The molecule has 1 aromatic rings. The number of aliphatic hydroxyl groups is 1. The van der Waals surface area contributed by atoms with Crippen LogP contribution in [0.5, 0.6) is 5.75 Å². The van der Waals surface area contributed by atoms with Gasteiger partial charge in [-0.3, -0.25) is 0 Å². The fourth-order valence-electron chi connectivity index (χ4n) is 2.35. The van der Waals surface area contributed by atoms with E-state index in [2.05, 4.69) is 11.8 Å². The molecule has 2 rings (SSSR count). The van der Waals surface area contributed by atoms with Crippen molar-refractivity contribution in [2.24, 2.45) is 0 Å². The molecule has 0 spiro atoms. The van der Waals surface area contributed by atoms with Crippen LogP contribution in [0.15, 0.2) is 18.2 Å². The van der Waals surface area contributed by atoms with E-state index < -0.39 is 0 Å². The minimum atomic E-state index is -0.348. The van der Waals surface area contributed by atoms with E-state index in [1.165, 1.54) is 18.9 Å². The standard InChI is InChI=1S/C16H19FO2/c17-15-10-9-13(6-5-11-18)12-16(15)19-14-7-3-1-2-4-8-14/h9-10,12,14,18H,1-4,7-8,11H2. The second-order valence-corrected chi connectivity index (χ2v) is 4.84. The highest BCUT2D eigenvalue weighted by molar-refractivity contribution is 5.40. The molecule has 1 aliphatic carbocycles. The lowest BCUT2D eigenvalue weighted by molar-refractivity contribution is 0.176. The summed E-state index contributed by atoms with van der Waals surface area (Å²) >= 11 is 0. The van der Waals surface area contributed by atoms with Crippen molar-refractivity contribution in [3.05, 3.63) is 29.6 Å². The lowest BCUT2D eigenvalue weighted by Gasteiger charge is -2.17. The Bertz CT molecular complexity index is 465. The number of benzene rings is 1. The van der Waals surface area contributed by atoms with E-state index in [0.717, 1.165) is 25.7 Å². The molecule has 0 amide bonds. The van der Waals surface area contributed by atoms with Gasteiger partial charge in [0.1, 0.15) is 6.61 Å². The summed E-state index contributed by atoms with van der Waals surface area (Å²) in [6.45, 7) is -0.198. The molecule has 1 N–H and O–H groups in total. The highest BCUT2D eigenvalue weighted by Crippen LogP contribution is 2.25. The van der Waals surface area contributed by atoms with Crippen molar-refractivity contribution >= 4 is 0 Å². The molecule has 19 heavy (non-hydrogen) atoms. The van der Waals surface area contributed by atoms with Gasteiger partial charge in [-0.2, -0.15) is 0 Å². The molecule has 0 aliphatic heterocycles. The molecule has 1 fully saturated rings. The van der Waals surface area contributed by atoms with E-state index in [0.29, 0.717) is 5.56 Å². The zero-order valence-corrected chi connectivity index (χ0v) is 11.0. The lowest BCUT2D eigenvalue weighted by atomic mass is 10.1. The fraction of sp³-hybridized carbons (Fsp3) is 0.500. The number of halogens is 1. The van der Waals surface area contributed by atoms with Gasteiger partial charge in [0, 0.05) is 5.56 Å². The Labute approximate surface area is 113 Å². The monoisotopic (exact) mass is 262 g/mol. The second-order valence-electron chi connectivity index (χ2n) is 4.84. The van der Waals surface area contributed by atoms with E-state index in [1.54, 1.807) is 12.1 Å². The zero-order valence-electron chi connectivity index (χ0n) is 11.0. The maximum absolute atomic E-state index is 13.7. The first-order chi connectivity index (χ1) is 9.29. The molecule has 0 bridgehead atoms. The number of hydrogen-bond donors (Lipinski definition) is 1. The van der Waals surface area contributed by atoms with E-state index in [-0.39, 0.29) is 24.3 Å². The minimum absolute atomic E-state index is 0.109. The van der Waals surface area contributed by atoms with Crippen LogP contribution < -0.4 is 4.74 Å². The number of hydrogen-bond acceptors (Lipinski definition) is 2. The topological polar surface area (TPSA) is 29.5 Å². The van der Waals surface area contributed by atoms with E-state index in [9.17, 15) is 4.39 Å². The maximum Gasteiger partial charge on any atom is 0.165 e. The molecule has 1 saturated carbocycles. The molecule has 0 atom stereocenters. The van der Waals surface area contributed by atoms with Crippen LogP contribution in [-0.4, -0.2) is 17.8 Å². The number of aliphatic hydroxyl groups excluding tert-OH is 1. The summed E-state index contributed by atoms with van der Waals surface area (Å²) in [6.07, 6.45) is 6.87. The summed E-state index contributed by atoms with van der Waals surface area (Å²) in [4.78, 5) is 0. The second kappa shape index (κ2) is 7.16. The van der Waals surface area contributed by atoms with Crippen molar-refractivity contribution in [1.29, 1.82) is 0 Å². The van der Waals surface area contributed by atoms with Crippen LogP contribution in [0.2, 0.25) is 0 Å². The fourth-order valence-corrected chi connectivity index (χ4v) is 2.35. The van der Waals surface area contributed by atoms with Crippen LogP contribution in [0, 0.1) is 17.7 Å². The minimum Gasteiger partial charge on any atom is -0.487 e. The average Bonchev–Trinajstić information content (AvgIpc) is 2.68. The molecular weight excluding hydrogens is 243 g/mol. The third-order valence-corrected chi connectivity index (χ3v) is 3.34. The summed E-state index contributed by atoms with van der Waals surface area (Å²) in [5, 5.41) is 8.66. The Morgan fingerprint density at radius 3 is 2.63 bits per heavy atom. The Morgan fingerprint density at radius 1 is 1.21 bits per heavy atom. The van der Waals surface area contributed by atoms with E-state index in [4.69, 9.17) is 9.84 Å². The Balaban J connectivity index is 2.09. The molecule has 0 radical (unpaired) electrons. The lowest BCUT2D eigenvalue weighted by Crippen LogP contribution is -2.15. The van der Waals surface area contributed by atoms with Crippen molar-refractivity contribution in [1.82, 2.24) is 0 Å². The van der Waals surface area contributed by atoms with Crippen LogP contribution in [0.25, 0.3) is 0 Å². The largest absolute Gasteiger partial charge is 0.487 e. The summed E-state index contributed by atoms with van der Waals surface area (Å²) in [7, 11) is 0. The third kappa shape index (κ3) is 4.25. The summed E-state index contributed by atoms with van der Waals surface area (Å²) in [5.74, 6) is 5.24. The quantitative estimate of drug-likeness (QED) is 0.654. The molecule has 3 heteroatoms. The predicted octanol–water partition coefficient (Wildman–Crippen LogP) is 3.27. The van der Waals surface area contributed by atoms with Crippen LogP contribution in [0.3, 0.4) is 0 Å². The zero-order chi connectivity index (χ0) is 13.5. The summed E-state index contributed by atoms with van der Waals surface area (Å²) < 4.78 is 19.5. The van der Waals surface area contributed by atoms with Gasteiger partial charge in [0.15, 0.2) is 11.6 Å². The van der Waals surface area contributed by atoms with Gasteiger partial charge in [0.2, 0.25) is 0 Å². The van der Waals surface area contributed by atoms with E-state index >= 15 is 0 Å². The molecule has 102 valence electrons. The van der Waals surface area contributed by atoms with Gasteiger partial charge in [0.05, 0.1) is 6.10 Å². The average molecular weight is 262 g/mol. The van der Waals surface area contributed by atoms with Crippen molar-refractivity contribution in [2.75, 3.05) is 6.61 Å². The molecule has 1 aromatic carbocycles. The van der Waals surface area contributed by atoms with Crippen molar-refractivity contribution in [2.45, 2.75) is 44.6 Å². The Morgan fingerprint density at radius 2 is 1.95 bits per heavy atom. The Hall–Kier alpha value is -1.53. The van der Waals surface area contributed by atoms with Crippen molar-refractivity contribution < 1.29 is 14.2 Å². The predicted molar refractivity (Wildman–Crippen MR) is 72.5 cm³/mol. The summed E-state index contributed by atoms with van der Waals surface area (Å²) in [6, 6.07) is 4.58. The van der Waals surface area contributed by atoms with Gasteiger partial charge in [0.25, 0.3) is 0 Å². The van der Waals surface area contributed by atoms with Gasteiger partial charge in [-0.25, -0.2) is 4.39 Å². The third-order valence-electron chi connectivity index (χ3n) is 3.34. The molecule has 0 heterocycles. The molecule has 2 nitrogen and oxygen atoms in total. The van der Waals surface area contributed by atoms with E-state index in [1.807, 2.05) is 0 Å². The summed E-state index contributed by atoms with van der Waals surface area (Å²) in [5.41, 5.74) is 0.666. The molecule has 1 aliphatic rings. The van der Waals surface area contributed by atoms with Crippen LogP contribution in [0.4, 0.5) is 4.39 Å². The first-order valence-corrected chi connectivity index (χ1v) is 6.85.